The number of anilines is 2. The van der Waals surface area contributed by atoms with Crippen molar-refractivity contribution in [3.63, 3.8) is 0 Å². The Balaban J connectivity index is 2.29. The number of halogens is 2. The highest BCUT2D eigenvalue weighted by Crippen LogP contribution is 2.24. The molecule has 0 aliphatic heterocycles. The minimum absolute atomic E-state index is 0.00273. The van der Waals surface area contributed by atoms with Gasteiger partial charge < -0.3 is 10.1 Å². The van der Waals surface area contributed by atoms with E-state index in [4.69, 9.17) is 4.74 Å². The summed E-state index contributed by atoms with van der Waals surface area (Å²) in [6.07, 6.45) is 1.22. The molecule has 2 rings (SSSR count). The molecular weight excluding hydrogens is 307 g/mol. The van der Waals surface area contributed by atoms with E-state index < -0.39 is 16.8 Å². The Morgan fingerprint density at radius 3 is 2.78 bits per heavy atom. The molecule has 1 aromatic heterocycles. The van der Waals surface area contributed by atoms with Gasteiger partial charge in [-0.2, -0.15) is 4.39 Å². The monoisotopic (exact) mass is 314 g/mol. The first-order valence-corrected chi connectivity index (χ1v) is 5.88. The number of aromatic nitrogens is 1. The molecular formula is C11H8BrFN2O3. The molecule has 1 N–H and O–H groups in total. The van der Waals surface area contributed by atoms with Crippen LogP contribution in [0.5, 0.6) is 5.75 Å². The molecule has 0 spiro atoms. The highest BCUT2D eigenvalue weighted by Gasteiger charge is 2.22. The number of hydrogen-bond donors (Lipinski definition) is 1. The van der Waals surface area contributed by atoms with E-state index in [0.29, 0.717) is 5.69 Å². The Hall–Kier alpha value is -1.76. The summed E-state index contributed by atoms with van der Waals surface area (Å²) in [4.78, 5) is 26.0. The molecule has 0 radical (unpaired) electrons. The Labute approximate surface area is 109 Å². The van der Waals surface area contributed by atoms with Crippen LogP contribution in [0, 0.1) is 5.95 Å². The summed E-state index contributed by atoms with van der Waals surface area (Å²) in [5.41, 5.74) is -0.856. The van der Waals surface area contributed by atoms with Crippen LogP contribution in [0.1, 0.15) is 6.92 Å². The molecule has 1 heterocycles. The molecule has 0 aliphatic rings. The maximum atomic E-state index is 12.9. The summed E-state index contributed by atoms with van der Waals surface area (Å²) in [5, 5.41) is 2.69. The van der Waals surface area contributed by atoms with Crippen LogP contribution in [0.25, 0.3) is 0 Å². The molecule has 18 heavy (non-hydrogen) atoms. The second-order valence-electron chi connectivity index (χ2n) is 3.42. The summed E-state index contributed by atoms with van der Waals surface area (Å²) in [6.45, 7) is 1.99. The summed E-state index contributed by atoms with van der Waals surface area (Å²) in [7, 11) is 0. The summed E-state index contributed by atoms with van der Waals surface area (Å²) in [5.74, 6) is -0.654. The molecule has 0 saturated heterocycles. The highest BCUT2D eigenvalue weighted by atomic mass is 79.9. The second-order valence-corrected chi connectivity index (χ2v) is 4.27. The molecule has 94 valence electrons. The van der Waals surface area contributed by atoms with Gasteiger partial charge in [-0.3, -0.25) is 9.59 Å². The Morgan fingerprint density at radius 2 is 2.17 bits per heavy atom. The fourth-order valence-electron chi connectivity index (χ4n) is 1.40. The molecule has 5 nitrogen and oxygen atoms in total. The van der Waals surface area contributed by atoms with Crippen molar-refractivity contribution < 1.29 is 9.13 Å². The van der Waals surface area contributed by atoms with Gasteiger partial charge in [-0.25, -0.2) is 4.98 Å². The van der Waals surface area contributed by atoms with E-state index in [1.807, 2.05) is 0 Å². The van der Waals surface area contributed by atoms with Crippen LogP contribution in [0.2, 0.25) is 0 Å². The second kappa shape index (κ2) is 4.85. The Bertz CT molecular complexity index is 665. The maximum Gasteiger partial charge on any atom is 0.272 e. The van der Waals surface area contributed by atoms with Crippen molar-refractivity contribution in [2.45, 2.75) is 6.92 Å². The van der Waals surface area contributed by atoms with Crippen molar-refractivity contribution >= 4 is 27.3 Å². The van der Waals surface area contributed by atoms with Gasteiger partial charge in [0.1, 0.15) is 5.69 Å². The lowest BCUT2D eigenvalue weighted by atomic mass is 10.2. The quantitative estimate of drug-likeness (QED) is 0.687. The van der Waals surface area contributed by atoms with Gasteiger partial charge in [0.05, 0.1) is 23.0 Å². The predicted molar refractivity (Wildman–Crippen MR) is 67.7 cm³/mol. The van der Waals surface area contributed by atoms with Crippen molar-refractivity contribution in [3.8, 4) is 5.75 Å². The molecule has 0 bridgehead atoms. The summed E-state index contributed by atoms with van der Waals surface area (Å²) >= 11 is 2.97. The standard InChI is InChI=1S/C11H8BrFN2O3/c1-2-18-10-7(8(16)9(10)17)15-5-3-6(12)11(13)14-4-5/h3-4,15H,2H2,1H3. The minimum atomic E-state index is -0.659. The number of rotatable bonds is 4. The maximum absolute atomic E-state index is 12.9. The summed E-state index contributed by atoms with van der Waals surface area (Å²) < 4.78 is 18.1. The molecule has 7 heteroatoms. The van der Waals surface area contributed by atoms with Gasteiger partial charge in [-0.1, -0.05) is 0 Å². The number of nitrogens with one attached hydrogen (secondary N) is 1. The molecule has 0 atom stereocenters. The Kier molecular flexibility index (Phi) is 3.42. The minimum Gasteiger partial charge on any atom is -0.488 e. The number of hydrogen-bond acceptors (Lipinski definition) is 5. The zero-order chi connectivity index (χ0) is 13.3. The van der Waals surface area contributed by atoms with Crippen LogP contribution in [0.3, 0.4) is 0 Å². The van der Waals surface area contributed by atoms with E-state index in [1.165, 1.54) is 12.3 Å². The van der Waals surface area contributed by atoms with E-state index in [9.17, 15) is 14.0 Å². The largest absolute Gasteiger partial charge is 0.488 e. The molecule has 0 amide bonds. The van der Waals surface area contributed by atoms with Gasteiger partial charge in [0.2, 0.25) is 5.95 Å². The zero-order valence-corrected chi connectivity index (χ0v) is 10.9. The van der Waals surface area contributed by atoms with Crippen LogP contribution in [-0.4, -0.2) is 11.6 Å². The molecule has 0 aliphatic carbocycles. The molecule has 0 saturated carbocycles. The van der Waals surface area contributed by atoms with E-state index in [1.54, 1.807) is 6.92 Å². The first-order chi connectivity index (χ1) is 8.54. The van der Waals surface area contributed by atoms with E-state index >= 15 is 0 Å². The van der Waals surface area contributed by atoms with Crippen LogP contribution in [-0.2, 0) is 0 Å². The number of nitrogens with zero attached hydrogens (tertiary/aromatic N) is 1. The number of ether oxygens (including phenoxy) is 1. The smallest absolute Gasteiger partial charge is 0.272 e. The lowest BCUT2D eigenvalue weighted by Crippen LogP contribution is -2.35. The van der Waals surface area contributed by atoms with Crippen LogP contribution < -0.4 is 20.9 Å². The molecule has 0 fully saturated rings. The van der Waals surface area contributed by atoms with Crippen LogP contribution in [0.4, 0.5) is 15.8 Å². The van der Waals surface area contributed by atoms with Crippen molar-refractivity contribution in [1.82, 2.24) is 4.98 Å². The Morgan fingerprint density at radius 1 is 1.44 bits per heavy atom. The van der Waals surface area contributed by atoms with Gasteiger partial charge in [0, 0.05) is 0 Å². The molecule has 1 aromatic carbocycles. The average molecular weight is 315 g/mol. The van der Waals surface area contributed by atoms with E-state index in [-0.39, 0.29) is 22.5 Å². The molecule has 2 aromatic rings. The van der Waals surface area contributed by atoms with Gasteiger partial charge in [-0.05, 0) is 28.9 Å². The topological polar surface area (TPSA) is 68.3 Å². The van der Waals surface area contributed by atoms with E-state index in [0.717, 1.165) is 0 Å². The van der Waals surface area contributed by atoms with Crippen molar-refractivity contribution in [1.29, 1.82) is 0 Å². The van der Waals surface area contributed by atoms with Crippen molar-refractivity contribution in [2.75, 3.05) is 11.9 Å². The van der Waals surface area contributed by atoms with Gasteiger partial charge in [0.25, 0.3) is 10.9 Å². The SMILES string of the molecule is CCOc1c(Nc2cnc(F)c(Br)c2)c(=O)c1=O. The fraction of sp³-hybridized carbons (Fsp3) is 0.182. The normalized spacial score (nSPS) is 10.6. The first kappa shape index (κ1) is 12.7. The number of pyridine rings is 1. The first-order valence-electron chi connectivity index (χ1n) is 5.08. The van der Waals surface area contributed by atoms with Gasteiger partial charge in [0.15, 0.2) is 5.75 Å². The zero-order valence-electron chi connectivity index (χ0n) is 9.29. The van der Waals surface area contributed by atoms with E-state index in [2.05, 4.69) is 26.2 Å². The van der Waals surface area contributed by atoms with Crippen LogP contribution in [0.15, 0.2) is 26.3 Å². The lowest BCUT2D eigenvalue weighted by molar-refractivity contribution is 0.335. The third-order valence-corrected chi connectivity index (χ3v) is 2.78. The third kappa shape index (κ3) is 2.13. The highest BCUT2D eigenvalue weighted by molar-refractivity contribution is 9.10. The third-order valence-electron chi connectivity index (χ3n) is 2.22. The predicted octanol–water partition coefficient (Wildman–Crippen LogP) is 1.72. The summed E-state index contributed by atoms with van der Waals surface area (Å²) in [6, 6.07) is 1.41. The van der Waals surface area contributed by atoms with Gasteiger partial charge in [-0.15, -0.1) is 0 Å². The average Bonchev–Trinajstić information content (AvgIpc) is 2.37. The molecule has 0 unspecified atom stereocenters. The fourth-order valence-corrected chi connectivity index (χ4v) is 1.75. The van der Waals surface area contributed by atoms with Gasteiger partial charge >= 0.3 is 0 Å². The van der Waals surface area contributed by atoms with Crippen molar-refractivity contribution in [2.24, 2.45) is 0 Å². The van der Waals surface area contributed by atoms with Crippen LogP contribution >= 0.6 is 15.9 Å². The van der Waals surface area contributed by atoms with Crippen molar-refractivity contribution in [3.05, 3.63) is 43.1 Å². The lowest BCUT2D eigenvalue weighted by Gasteiger charge is -2.12.